The molecule has 0 aliphatic rings. The molecule has 0 radical (unpaired) electrons. The highest BCUT2D eigenvalue weighted by Gasteiger charge is 1.95. The van der Waals surface area contributed by atoms with E-state index in [2.05, 4.69) is 16.3 Å². The molecule has 0 saturated heterocycles. The van der Waals surface area contributed by atoms with E-state index < -0.39 is 0 Å². The number of rotatable bonds is 3. The van der Waals surface area contributed by atoms with Crippen LogP contribution in [0.4, 0.5) is 5.69 Å². The number of nitrogens with zero attached hydrogens (tertiary/aromatic N) is 3. The van der Waals surface area contributed by atoms with Crippen molar-refractivity contribution in [3.63, 3.8) is 0 Å². The Morgan fingerprint density at radius 3 is 2.47 bits per heavy atom. The minimum atomic E-state index is -0.0625. The average molecular weight is 207 g/mol. The molecule has 0 amide bonds. The second-order valence-corrected chi connectivity index (χ2v) is 2.79. The maximum atomic E-state index is 8.48. The van der Waals surface area contributed by atoms with Gasteiger partial charge in [-0.05, 0) is 19.1 Å². The summed E-state index contributed by atoms with van der Waals surface area (Å²) in [6, 6.07) is 11.6. The number of nitriles is 1. The van der Waals surface area contributed by atoms with Gasteiger partial charge in [0, 0.05) is 0 Å². The number of azo groups is 1. The molecule has 0 saturated carbocycles. The van der Waals surface area contributed by atoms with Crippen molar-refractivity contribution in [3.8, 4) is 6.07 Å². The van der Waals surface area contributed by atoms with Crippen molar-refractivity contribution in [2.45, 2.75) is 6.92 Å². The van der Waals surface area contributed by atoms with Crippen LogP contribution in [-0.2, 0) is 0 Å². The smallest absolute Gasteiger partial charge is 0.0852 e. The SMILES string of the molecule is CC(C#N)CN=Nc1ccccc1.OO. The van der Waals surface area contributed by atoms with Gasteiger partial charge in [-0.25, -0.2) is 0 Å². The molecule has 80 valence electrons. The molecule has 0 fully saturated rings. The summed E-state index contributed by atoms with van der Waals surface area (Å²) in [6.07, 6.45) is 0. The second kappa shape index (κ2) is 8.81. The summed E-state index contributed by atoms with van der Waals surface area (Å²) in [5, 5.41) is 28.4. The lowest BCUT2D eigenvalue weighted by molar-refractivity contribution is -0.176. The van der Waals surface area contributed by atoms with Crippen LogP contribution >= 0.6 is 0 Å². The third-order valence-corrected chi connectivity index (χ3v) is 1.52. The highest BCUT2D eigenvalue weighted by molar-refractivity contribution is 5.34. The van der Waals surface area contributed by atoms with Crippen LogP contribution in [0.3, 0.4) is 0 Å². The van der Waals surface area contributed by atoms with Crippen molar-refractivity contribution in [2.75, 3.05) is 6.54 Å². The van der Waals surface area contributed by atoms with Crippen LogP contribution in [0.25, 0.3) is 0 Å². The lowest BCUT2D eigenvalue weighted by Crippen LogP contribution is -1.92. The first-order valence-electron chi connectivity index (χ1n) is 4.35. The van der Waals surface area contributed by atoms with Crippen LogP contribution in [0.1, 0.15) is 6.92 Å². The van der Waals surface area contributed by atoms with Gasteiger partial charge in [-0.2, -0.15) is 15.5 Å². The van der Waals surface area contributed by atoms with Crippen molar-refractivity contribution in [2.24, 2.45) is 16.1 Å². The Kier molecular flexibility index (Phi) is 7.77. The normalized spacial score (nSPS) is 11.3. The fraction of sp³-hybridized carbons (Fsp3) is 0.300. The topological polar surface area (TPSA) is 89.0 Å². The third kappa shape index (κ3) is 6.32. The van der Waals surface area contributed by atoms with Gasteiger partial charge in [-0.3, -0.25) is 10.5 Å². The summed E-state index contributed by atoms with van der Waals surface area (Å²) in [6.45, 7) is 2.29. The predicted molar refractivity (Wildman–Crippen MR) is 55.9 cm³/mol. The highest BCUT2D eigenvalue weighted by atomic mass is 17.0. The standard InChI is InChI=1S/C10H11N3.H2O2/c1-9(7-11)8-12-13-10-5-3-2-4-6-10;1-2/h2-6,9H,8H2,1H3;1-2H. The summed E-state index contributed by atoms with van der Waals surface area (Å²) >= 11 is 0. The third-order valence-electron chi connectivity index (χ3n) is 1.52. The minimum absolute atomic E-state index is 0.0625. The number of hydrogen-bond donors (Lipinski definition) is 2. The zero-order valence-electron chi connectivity index (χ0n) is 8.41. The summed E-state index contributed by atoms with van der Waals surface area (Å²) in [4.78, 5) is 0. The van der Waals surface area contributed by atoms with E-state index in [1.54, 1.807) is 0 Å². The Morgan fingerprint density at radius 2 is 1.93 bits per heavy atom. The largest absolute Gasteiger partial charge is 0.255 e. The zero-order chi connectivity index (χ0) is 11.5. The van der Waals surface area contributed by atoms with Crippen LogP contribution < -0.4 is 0 Å². The highest BCUT2D eigenvalue weighted by Crippen LogP contribution is 2.10. The van der Waals surface area contributed by atoms with Gasteiger partial charge in [0.25, 0.3) is 0 Å². The van der Waals surface area contributed by atoms with Crippen molar-refractivity contribution >= 4 is 5.69 Å². The predicted octanol–water partition coefficient (Wildman–Crippen LogP) is 2.95. The maximum absolute atomic E-state index is 8.48. The molecule has 0 aliphatic carbocycles. The van der Waals surface area contributed by atoms with Gasteiger partial charge < -0.3 is 0 Å². The molecule has 0 heterocycles. The molecule has 1 rings (SSSR count). The van der Waals surface area contributed by atoms with Gasteiger partial charge in [0.2, 0.25) is 0 Å². The van der Waals surface area contributed by atoms with Gasteiger partial charge in [-0.15, -0.1) is 0 Å². The van der Waals surface area contributed by atoms with E-state index in [1.807, 2.05) is 37.3 Å². The first-order chi connectivity index (χ1) is 7.33. The minimum Gasteiger partial charge on any atom is -0.255 e. The Labute approximate surface area is 88.3 Å². The molecular formula is C10H13N3O2. The van der Waals surface area contributed by atoms with Gasteiger partial charge in [0.1, 0.15) is 0 Å². The molecular weight excluding hydrogens is 194 g/mol. The van der Waals surface area contributed by atoms with Crippen LogP contribution in [0.5, 0.6) is 0 Å². The summed E-state index contributed by atoms with van der Waals surface area (Å²) in [5.74, 6) is -0.0625. The van der Waals surface area contributed by atoms with E-state index in [0.717, 1.165) is 5.69 Å². The van der Waals surface area contributed by atoms with Gasteiger partial charge in [-0.1, -0.05) is 18.2 Å². The summed E-state index contributed by atoms with van der Waals surface area (Å²) in [7, 11) is 0. The van der Waals surface area contributed by atoms with E-state index in [9.17, 15) is 0 Å². The lowest BCUT2D eigenvalue weighted by Gasteiger charge is -1.93. The molecule has 0 spiro atoms. The second-order valence-electron chi connectivity index (χ2n) is 2.79. The van der Waals surface area contributed by atoms with E-state index in [4.69, 9.17) is 15.8 Å². The quantitative estimate of drug-likeness (QED) is 0.453. The molecule has 2 N–H and O–H groups in total. The van der Waals surface area contributed by atoms with Gasteiger partial charge in [0.05, 0.1) is 24.2 Å². The molecule has 5 heteroatoms. The van der Waals surface area contributed by atoms with Crippen molar-refractivity contribution < 1.29 is 10.5 Å². The Bertz CT molecular complexity index is 319. The van der Waals surface area contributed by atoms with Crippen molar-refractivity contribution in [1.29, 1.82) is 5.26 Å². The van der Waals surface area contributed by atoms with E-state index in [1.165, 1.54) is 0 Å². The molecule has 1 unspecified atom stereocenters. The van der Waals surface area contributed by atoms with Gasteiger partial charge >= 0.3 is 0 Å². The first kappa shape index (κ1) is 13.2. The van der Waals surface area contributed by atoms with E-state index >= 15 is 0 Å². The molecule has 0 aliphatic heterocycles. The van der Waals surface area contributed by atoms with E-state index in [0.29, 0.717) is 6.54 Å². The van der Waals surface area contributed by atoms with Crippen molar-refractivity contribution in [3.05, 3.63) is 30.3 Å². The van der Waals surface area contributed by atoms with Crippen LogP contribution in [0, 0.1) is 17.2 Å². The van der Waals surface area contributed by atoms with Crippen LogP contribution in [-0.4, -0.2) is 17.1 Å². The van der Waals surface area contributed by atoms with Crippen LogP contribution in [0.15, 0.2) is 40.6 Å². The van der Waals surface area contributed by atoms with Crippen LogP contribution in [0.2, 0.25) is 0 Å². The lowest BCUT2D eigenvalue weighted by atomic mass is 10.2. The first-order valence-corrected chi connectivity index (χ1v) is 4.35. The van der Waals surface area contributed by atoms with Gasteiger partial charge in [0.15, 0.2) is 0 Å². The maximum Gasteiger partial charge on any atom is 0.0852 e. The Morgan fingerprint density at radius 1 is 1.33 bits per heavy atom. The number of hydrogen-bond acceptors (Lipinski definition) is 5. The summed E-state index contributed by atoms with van der Waals surface area (Å²) in [5.41, 5.74) is 0.827. The van der Waals surface area contributed by atoms with E-state index in [-0.39, 0.29) is 5.92 Å². The molecule has 1 aromatic rings. The molecule has 15 heavy (non-hydrogen) atoms. The van der Waals surface area contributed by atoms with Crippen molar-refractivity contribution in [1.82, 2.24) is 0 Å². The Balaban J connectivity index is 0.000000921. The number of benzene rings is 1. The molecule has 0 bridgehead atoms. The fourth-order valence-corrected chi connectivity index (χ4v) is 0.780. The molecule has 1 atom stereocenters. The monoisotopic (exact) mass is 207 g/mol. The average Bonchev–Trinajstić information content (AvgIpc) is 2.33. The molecule has 5 nitrogen and oxygen atoms in total. The Hall–Kier alpha value is -1.77. The zero-order valence-corrected chi connectivity index (χ0v) is 8.41. The fourth-order valence-electron chi connectivity index (χ4n) is 0.780. The molecule has 1 aromatic carbocycles. The molecule has 0 aromatic heterocycles. The summed E-state index contributed by atoms with van der Waals surface area (Å²) < 4.78 is 0.